The van der Waals surface area contributed by atoms with Gasteiger partial charge in [-0.2, -0.15) is 8.78 Å². The number of aliphatic hydroxyl groups excluding tert-OH is 1. The summed E-state index contributed by atoms with van der Waals surface area (Å²) in [7, 11) is 1.46. The standard InChI is InChI=1S/C11H9ClF2O3/c1-17-8-4-2-7(3-5-8)9(15)6-10(16)11(12,13)14/h2-6,15H,1H3/b9-6-. The lowest BCUT2D eigenvalue weighted by Crippen LogP contribution is -2.19. The average Bonchev–Trinajstić information content (AvgIpc) is 2.27. The summed E-state index contributed by atoms with van der Waals surface area (Å²) in [5, 5.41) is 5.41. The number of benzene rings is 1. The molecule has 1 aromatic rings. The maximum atomic E-state index is 12.4. The third-order valence-corrected chi connectivity index (χ3v) is 2.12. The van der Waals surface area contributed by atoms with Crippen LogP contribution in [0.1, 0.15) is 5.56 Å². The molecule has 0 spiro atoms. The molecule has 92 valence electrons. The molecule has 17 heavy (non-hydrogen) atoms. The number of ketones is 1. The number of hydrogen-bond donors (Lipinski definition) is 1. The summed E-state index contributed by atoms with van der Waals surface area (Å²) >= 11 is 4.50. The van der Waals surface area contributed by atoms with Crippen molar-refractivity contribution in [3.63, 3.8) is 0 Å². The van der Waals surface area contributed by atoms with Crippen molar-refractivity contribution in [2.75, 3.05) is 7.11 Å². The highest BCUT2D eigenvalue weighted by molar-refractivity contribution is 6.34. The van der Waals surface area contributed by atoms with Crippen LogP contribution in [0, 0.1) is 0 Å². The summed E-state index contributed by atoms with van der Waals surface area (Å²) < 4.78 is 29.6. The van der Waals surface area contributed by atoms with Gasteiger partial charge in [0.15, 0.2) is 0 Å². The molecule has 0 aliphatic carbocycles. The van der Waals surface area contributed by atoms with Crippen LogP contribution in [0.3, 0.4) is 0 Å². The Morgan fingerprint density at radius 3 is 2.35 bits per heavy atom. The summed E-state index contributed by atoms with van der Waals surface area (Å²) in [5.74, 6) is -1.72. The lowest BCUT2D eigenvalue weighted by molar-refractivity contribution is -0.128. The van der Waals surface area contributed by atoms with Crippen LogP contribution < -0.4 is 4.74 Å². The zero-order chi connectivity index (χ0) is 13.1. The second kappa shape index (κ2) is 5.14. The van der Waals surface area contributed by atoms with Gasteiger partial charge >= 0.3 is 5.38 Å². The number of rotatable bonds is 4. The van der Waals surface area contributed by atoms with Crippen molar-refractivity contribution >= 4 is 23.1 Å². The van der Waals surface area contributed by atoms with E-state index >= 15 is 0 Å². The van der Waals surface area contributed by atoms with Gasteiger partial charge in [-0.15, -0.1) is 0 Å². The maximum Gasteiger partial charge on any atom is 0.384 e. The predicted molar refractivity (Wildman–Crippen MR) is 59.4 cm³/mol. The van der Waals surface area contributed by atoms with Crippen molar-refractivity contribution < 1.29 is 23.4 Å². The van der Waals surface area contributed by atoms with E-state index in [4.69, 9.17) is 4.74 Å². The fraction of sp³-hybridized carbons (Fsp3) is 0.182. The van der Waals surface area contributed by atoms with Crippen molar-refractivity contribution in [2.24, 2.45) is 0 Å². The first-order chi connectivity index (χ1) is 7.84. The number of carbonyl (C=O) groups is 1. The van der Waals surface area contributed by atoms with Gasteiger partial charge in [0.05, 0.1) is 7.11 Å². The highest BCUT2D eigenvalue weighted by Crippen LogP contribution is 2.23. The van der Waals surface area contributed by atoms with Crippen molar-refractivity contribution in [3.8, 4) is 5.75 Å². The zero-order valence-electron chi connectivity index (χ0n) is 8.78. The van der Waals surface area contributed by atoms with E-state index in [1.807, 2.05) is 0 Å². The summed E-state index contributed by atoms with van der Waals surface area (Å²) in [4.78, 5) is 10.8. The van der Waals surface area contributed by atoms with Gasteiger partial charge in [0.1, 0.15) is 11.5 Å². The third-order valence-electron chi connectivity index (χ3n) is 1.93. The fourth-order valence-electron chi connectivity index (χ4n) is 1.05. The lowest BCUT2D eigenvalue weighted by Gasteiger charge is -2.05. The predicted octanol–water partition coefficient (Wildman–Crippen LogP) is 2.99. The first-order valence-electron chi connectivity index (χ1n) is 4.51. The van der Waals surface area contributed by atoms with Crippen LogP contribution in [-0.4, -0.2) is 23.4 Å². The first kappa shape index (κ1) is 13.4. The van der Waals surface area contributed by atoms with Gasteiger partial charge in [0.2, 0.25) is 5.78 Å². The number of hydrogen-bond acceptors (Lipinski definition) is 3. The smallest absolute Gasteiger partial charge is 0.384 e. The molecule has 0 saturated carbocycles. The molecule has 0 atom stereocenters. The van der Waals surface area contributed by atoms with Crippen molar-refractivity contribution in [2.45, 2.75) is 5.38 Å². The molecule has 0 aliphatic heterocycles. The van der Waals surface area contributed by atoms with E-state index in [0.29, 0.717) is 11.8 Å². The van der Waals surface area contributed by atoms with Crippen molar-refractivity contribution in [1.82, 2.24) is 0 Å². The first-order valence-corrected chi connectivity index (χ1v) is 4.88. The molecule has 0 heterocycles. The summed E-state index contributed by atoms with van der Waals surface area (Å²) in [6, 6.07) is 5.88. The number of ether oxygens (including phenoxy) is 1. The molecule has 6 heteroatoms. The normalized spacial score (nSPS) is 12.4. The van der Waals surface area contributed by atoms with Crippen molar-refractivity contribution in [1.29, 1.82) is 0 Å². The molecule has 0 fully saturated rings. The van der Waals surface area contributed by atoms with Crippen LogP contribution in [0.5, 0.6) is 5.75 Å². The lowest BCUT2D eigenvalue weighted by atomic mass is 10.1. The minimum absolute atomic E-state index is 0.208. The number of methoxy groups -OCH3 is 1. The minimum Gasteiger partial charge on any atom is -0.507 e. The highest BCUT2D eigenvalue weighted by atomic mass is 35.5. The number of carbonyl (C=O) groups excluding carboxylic acids is 1. The Kier molecular flexibility index (Phi) is 4.07. The number of aliphatic hydroxyl groups is 1. The number of alkyl halides is 3. The molecule has 0 unspecified atom stereocenters. The van der Waals surface area contributed by atoms with Crippen LogP contribution >= 0.6 is 11.6 Å². The molecule has 1 N–H and O–H groups in total. The molecule has 0 aliphatic rings. The van der Waals surface area contributed by atoms with Crippen LogP contribution in [0.15, 0.2) is 30.3 Å². The Morgan fingerprint density at radius 2 is 1.94 bits per heavy atom. The van der Waals surface area contributed by atoms with E-state index in [1.165, 1.54) is 31.4 Å². The Labute approximate surface area is 101 Å². The van der Waals surface area contributed by atoms with E-state index in [0.717, 1.165) is 0 Å². The van der Waals surface area contributed by atoms with E-state index in [-0.39, 0.29) is 5.56 Å². The summed E-state index contributed by atoms with van der Waals surface area (Å²) in [6.45, 7) is 0. The largest absolute Gasteiger partial charge is 0.507 e. The zero-order valence-corrected chi connectivity index (χ0v) is 9.54. The van der Waals surface area contributed by atoms with E-state index in [1.54, 1.807) is 0 Å². The van der Waals surface area contributed by atoms with Crippen LogP contribution in [-0.2, 0) is 4.79 Å². The van der Waals surface area contributed by atoms with Gasteiger partial charge in [0.25, 0.3) is 0 Å². The number of allylic oxidation sites excluding steroid dienone is 1. The van der Waals surface area contributed by atoms with Crippen molar-refractivity contribution in [3.05, 3.63) is 35.9 Å². The van der Waals surface area contributed by atoms with E-state index < -0.39 is 16.9 Å². The molecule has 0 aromatic heterocycles. The molecule has 3 nitrogen and oxygen atoms in total. The van der Waals surface area contributed by atoms with Gasteiger partial charge in [-0.25, -0.2) is 0 Å². The monoisotopic (exact) mass is 262 g/mol. The topological polar surface area (TPSA) is 46.5 Å². The van der Waals surface area contributed by atoms with Gasteiger partial charge in [-0.1, -0.05) is 0 Å². The third kappa shape index (κ3) is 3.71. The second-order valence-electron chi connectivity index (χ2n) is 3.12. The Bertz CT molecular complexity index is 435. The Balaban J connectivity index is 2.92. The Morgan fingerprint density at radius 1 is 1.41 bits per heavy atom. The summed E-state index contributed by atoms with van der Waals surface area (Å²) in [6.07, 6.45) is 0.384. The molecule has 0 bridgehead atoms. The van der Waals surface area contributed by atoms with Crippen LogP contribution in [0.25, 0.3) is 5.76 Å². The molecule has 0 amide bonds. The van der Waals surface area contributed by atoms with E-state index in [2.05, 4.69) is 11.6 Å². The number of halogens is 3. The average molecular weight is 263 g/mol. The van der Waals surface area contributed by atoms with Gasteiger partial charge in [-0.3, -0.25) is 4.79 Å². The van der Waals surface area contributed by atoms with Gasteiger partial charge < -0.3 is 9.84 Å². The van der Waals surface area contributed by atoms with Gasteiger partial charge in [0, 0.05) is 11.6 Å². The Hall–Kier alpha value is -1.62. The van der Waals surface area contributed by atoms with Crippen LogP contribution in [0.2, 0.25) is 0 Å². The molecule has 1 rings (SSSR count). The molecular weight excluding hydrogens is 254 g/mol. The molecule has 1 aromatic carbocycles. The molecule has 0 radical (unpaired) electrons. The second-order valence-corrected chi connectivity index (χ2v) is 3.59. The fourth-order valence-corrected chi connectivity index (χ4v) is 1.11. The molecule has 0 saturated heterocycles. The molecular formula is C11H9ClF2O3. The SMILES string of the molecule is COc1ccc(/C(O)=C/C(=O)C(F)(F)Cl)cc1. The van der Waals surface area contributed by atoms with E-state index in [9.17, 15) is 18.7 Å². The maximum absolute atomic E-state index is 12.4. The highest BCUT2D eigenvalue weighted by Gasteiger charge is 2.34. The minimum atomic E-state index is -4.01. The van der Waals surface area contributed by atoms with Crippen LogP contribution in [0.4, 0.5) is 8.78 Å². The quantitative estimate of drug-likeness (QED) is 0.515. The van der Waals surface area contributed by atoms with Gasteiger partial charge in [-0.05, 0) is 35.9 Å². The summed E-state index contributed by atoms with van der Waals surface area (Å²) in [5.41, 5.74) is 0.208.